The maximum absolute atomic E-state index is 9.36. The Balaban J connectivity index is 2.18. The lowest BCUT2D eigenvalue weighted by Crippen LogP contribution is -1.99. The molecule has 0 aliphatic heterocycles. The molecule has 2 nitrogen and oxygen atoms in total. The molecule has 0 amide bonds. The molecule has 96 valence electrons. The van der Waals surface area contributed by atoms with Crippen LogP contribution in [-0.4, -0.2) is 5.11 Å². The summed E-state index contributed by atoms with van der Waals surface area (Å²) in [6.45, 7) is 2.47. The molecule has 0 aliphatic carbocycles. The summed E-state index contributed by atoms with van der Waals surface area (Å²) < 4.78 is 7.87. The van der Waals surface area contributed by atoms with Crippen molar-refractivity contribution >= 4 is 43.2 Å². The van der Waals surface area contributed by atoms with Crippen molar-refractivity contribution in [3.8, 4) is 5.75 Å². The van der Waals surface area contributed by atoms with Crippen LogP contribution in [0.5, 0.6) is 5.75 Å². The van der Waals surface area contributed by atoms with E-state index in [1.54, 1.807) is 11.3 Å². The molecule has 0 radical (unpaired) electrons. The number of thiophene rings is 1. The van der Waals surface area contributed by atoms with Gasteiger partial charge in [-0.25, -0.2) is 0 Å². The van der Waals surface area contributed by atoms with Gasteiger partial charge in [0.25, 0.3) is 0 Å². The summed E-state index contributed by atoms with van der Waals surface area (Å²) in [5.74, 6) is 0.769. The molecule has 0 fully saturated rings. The first-order valence-corrected chi connectivity index (χ1v) is 7.77. The fraction of sp³-hybridized carbons (Fsp3) is 0.231. The largest absolute Gasteiger partial charge is 0.487 e. The van der Waals surface area contributed by atoms with Crippen LogP contribution in [0, 0.1) is 6.92 Å². The maximum atomic E-state index is 9.36. The van der Waals surface area contributed by atoms with Crippen LogP contribution in [0.15, 0.2) is 32.5 Å². The van der Waals surface area contributed by atoms with Crippen molar-refractivity contribution in [2.45, 2.75) is 20.1 Å². The smallest absolute Gasteiger partial charge is 0.128 e. The first kappa shape index (κ1) is 14.1. The number of hydrogen-bond acceptors (Lipinski definition) is 3. The number of halogens is 2. The minimum absolute atomic E-state index is 0.0241. The zero-order chi connectivity index (χ0) is 13.1. The van der Waals surface area contributed by atoms with Crippen molar-refractivity contribution in [3.05, 3.63) is 48.5 Å². The molecule has 5 heteroatoms. The molecule has 1 aromatic heterocycles. The molecule has 0 aliphatic rings. The number of hydrogen-bond donors (Lipinski definition) is 1. The van der Waals surface area contributed by atoms with Crippen LogP contribution < -0.4 is 4.74 Å². The highest BCUT2D eigenvalue weighted by molar-refractivity contribution is 9.11. The SMILES string of the molecule is Cc1cc(Br)cc(CO)c1OCc1ccc(Br)s1. The van der Waals surface area contributed by atoms with Crippen LogP contribution in [0.3, 0.4) is 0 Å². The van der Waals surface area contributed by atoms with Gasteiger partial charge >= 0.3 is 0 Å². The van der Waals surface area contributed by atoms with Crippen molar-refractivity contribution in [2.24, 2.45) is 0 Å². The highest BCUT2D eigenvalue weighted by atomic mass is 79.9. The van der Waals surface area contributed by atoms with Crippen LogP contribution in [0.2, 0.25) is 0 Å². The van der Waals surface area contributed by atoms with Gasteiger partial charge in [0.1, 0.15) is 12.4 Å². The summed E-state index contributed by atoms with van der Waals surface area (Å²) in [5, 5.41) is 9.36. The van der Waals surface area contributed by atoms with Gasteiger partial charge in [0.2, 0.25) is 0 Å². The third-order valence-corrected chi connectivity index (χ3v) is 4.53. The van der Waals surface area contributed by atoms with Crippen LogP contribution in [0.25, 0.3) is 0 Å². The van der Waals surface area contributed by atoms with Crippen LogP contribution >= 0.6 is 43.2 Å². The Labute approximate surface area is 127 Å². The Hall–Kier alpha value is -0.360. The van der Waals surface area contributed by atoms with E-state index >= 15 is 0 Å². The molecule has 0 atom stereocenters. The molecule has 1 heterocycles. The second kappa shape index (κ2) is 6.19. The third-order valence-electron chi connectivity index (χ3n) is 2.47. The fourth-order valence-corrected chi connectivity index (χ4v) is 3.71. The number of benzene rings is 1. The second-order valence-electron chi connectivity index (χ2n) is 3.86. The van der Waals surface area contributed by atoms with Gasteiger partial charge in [0.05, 0.1) is 10.4 Å². The van der Waals surface area contributed by atoms with Gasteiger partial charge in [0, 0.05) is 14.9 Å². The summed E-state index contributed by atoms with van der Waals surface area (Å²) in [6, 6.07) is 7.90. The average molecular weight is 392 g/mol. The van der Waals surface area contributed by atoms with E-state index in [2.05, 4.69) is 31.9 Å². The van der Waals surface area contributed by atoms with E-state index in [4.69, 9.17) is 4.74 Å². The molecule has 2 aromatic rings. The first-order valence-electron chi connectivity index (χ1n) is 5.37. The topological polar surface area (TPSA) is 29.5 Å². The van der Waals surface area contributed by atoms with Crippen molar-refractivity contribution in [3.63, 3.8) is 0 Å². The Morgan fingerprint density at radius 3 is 2.67 bits per heavy atom. The van der Waals surface area contributed by atoms with Crippen LogP contribution in [-0.2, 0) is 13.2 Å². The molecule has 0 unspecified atom stereocenters. The maximum Gasteiger partial charge on any atom is 0.128 e. The summed E-state index contributed by atoms with van der Waals surface area (Å²) in [6.07, 6.45) is 0. The zero-order valence-corrected chi connectivity index (χ0v) is 13.7. The van der Waals surface area contributed by atoms with E-state index in [9.17, 15) is 5.11 Å². The standard InChI is InChI=1S/C13H12Br2O2S/c1-8-4-10(14)5-9(6-16)13(8)17-7-11-2-3-12(15)18-11/h2-5,16H,6-7H2,1H3. The van der Waals surface area contributed by atoms with Crippen molar-refractivity contribution in [1.29, 1.82) is 0 Å². The number of ether oxygens (including phenoxy) is 1. The van der Waals surface area contributed by atoms with E-state index in [0.29, 0.717) is 6.61 Å². The van der Waals surface area contributed by atoms with E-state index in [1.807, 2.05) is 31.2 Å². The minimum atomic E-state index is -0.0241. The van der Waals surface area contributed by atoms with Crippen LogP contribution in [0.1, 0.15) is 16.0 Å². The third kappa shape index (κ3) is 3.35. The quantitative estimate of drug-likeness (QED) is 0.821. The second-order valence-corrected chi connectivity index (χ2v) is 7.33. The van der Waals surface area contributed by atoms with Gasteiger partial charge in [-0.15, -0.1) is 11.3 Å². The Morgan fingerprint density at radius 1 is 1.28 bits per heavy atom. The van der Waals surface area contributed by atoms with Gasteiger partial charge in [-0.3, -0.25) is 0 Å². The zero-order valence-electron chi connectivity index (χ0n) is 9.74. The highest BCUT2D eigenvalue weighted by Crippen LogP contribution is 2.30. The minimum Gasteiger partial charge on any atom is -0.487 e. The molecular formula is C13H12Br2O2S. The molecule has 2 rings (SSSR count). The number of rotatable bonds is 4. The van der Waals surface area contributed by atoms with Crippen molar-refractivity contribution < 1.29 is 9.84 Å². The van der Waals surface area contributed by atoms with Gasteiger partial charge in [-0.2, -0.15) is 0 Å². The Kier molecular flexibility index (Phi) is 4.84. The number of aliphatic hydroxyl groups is 1. The van der Waals surface area contributed by atoms with Gasteiger partial charge in [0.15, 0.2) is 0 Å². The summed E-state index contributed by atoms with van der Waals surface area (Å²) in [5.41, 5.74) is 1.82. The lowest BCUT2D eigenvalue weighted by atomic mass is 10.1. The van der Waals surface area contributed by atoms with Gasteiger partial charge in [-0.1, -0.05) is 15.9 Å². The summed E-state index contributed by atoms with van der Waals surface area (Å²) >= 11 is 8.49. The normalized spacial score (nSPS) is 10.7. The molecular weight excluding hydrogens is 380 g/mol. The summed E-state index contributed by atoms with van der Waals surface area (Å²) in [4.78, 5) is 1.15. The molecule has 1 N–H and O–H groups in total. The Bertz CT molecular complexity index is 552. The van der Waals surface area contributed by atoms with Crippen molar-refractivity contribution in [1.82, 2.24) is 0 Å². The number of aliphatic hydroxyl groups excluding tert-OH is 1. The molecule has 0 saturated carbocycles. The summed E-state index contributed by atoms with van der Waals surface area (Å²) in [7, 11) is 0. The van der Waals surface area contributed by atoms with Crippen molar-refractivity contribution in [2.75, 3.05) is 0 Å². The lowest BCUT2D eigenvalue weighted by Gasteiger charge is -2.13. The van der Waals surface area contributed by atoms with E-state index in [0.717, 1.165) is 30.0 Å². The number of aryl methyl sites for hydroxylation is 1. The fourth-order valence-electron chi connectivity index (χ4n) is 1.70. The molecule has 1 aromatic carbocycles. The molecule has 18 heavy (non-hydrogen) atoms. The van der Waals surface area contributed by atoms with Gasteiger partial charge < -0.3 is 9.84 Å². The van der Waals surface area contributed by atoms with E-state index in [1.165, 1.54) is 0 Å². The predicted octanol–water partition coefficient (Wildman–Crippen LogP) is 4.65. The van der Waals surface area contributed by atoms with E-state index in [-0.39, 0.29) is 6.61 Å². The predicted molar refractivity (Wildman–Crippen MR) is 81.2 cm³/mol. The first-order chi connectivity index (χ1) is 8.60. The van der Waals surface area contributed by atoms with Gasteiger partial charge in [-0.05, 0) is 52.7 Å². The highest BCUT2D eigenvalue weighted by Gasteiger charge is 2.09. The Morgan fingerprint density at radius 2 is 2.06 bits per heavy atom. The molecule has 0 saturated heterocycles. The molecule has 0 spiro atoms. The average Bonchev–Trinajstić information content (AvgIpc) is 2.73. The van der Waals surface area contributed by atoms with E-state index < -0.39 is 0 Å². The lowest BCUT2D eigenvalue weighted by molar-refractivity contribution is 0.259. The van der Waals surface area contributed by atoms with Crippen LogP contribution in [0.4, 0.5) is 0 Å². The monoisotopic (exact) mass is 390 g/mol. The molecule has 0 bridgehead atoms.